The number of anilines is 2. The summed E-state index contributed by atoms with van der Waals surface area (Å²) < 4.78 is 7.40. The Morgan fingerprint density at radius 2 is 2.06 bits per heavy atom. The average molecular weight is 466 g/mol. The Morgan fingerprint density at radius 1 is 1.26 bits per heavy atom. The first-order valence-corrected chi connectivity index (χ1v) is 11.2. The van der Waals surface area contributed by atoms with Crippen molar-refractivity contribution in [3.8, 4) is 5.75 Å². The van der Waals surface area contributed by atoms with E-state index in [1.54, 1.807) is 29.9 Å². The molecule has 34 heavy (non-hydrogen) atoms. The van der Waals surface area contributed by atoms with Crippen molar-refractivity contribution in [2.45, 2.75) is 18.9 Å². The molecule has 4 heterocycles. The molecule has 1 saturated heterocycles. The van der Waals surface area contributed by atoms with Crippen LogP contribution in [0.25, 0.3) is 5.65 Å². The third-order valence-corrected chi connectivity index (χ3v) is 6.15. The topological polar surface area (TPSA) is 138 Å². The molecular formula is C23H27N7O4. The predicted molar refractivity (Wildman–Crippen MR) is 125 cm³/mol. The minimum absolute atomic E-state index is 0.200. The quantitative estimate of drug-likeness (QED) is 0.488. The van der Waals surface area contributed by atoms with Crippen molar-refractivity contribution in [3.05, 3.63) is 47.9 Å². The van der Waals surface area contributed by atoms with E-state index in [0.717, 1.165) is 11.3 Å². The molecule has 2 aromatic heterocycles. The Morgan fingerprint density at radius 3 is 2.82 bits per heavy atom. The van der Waals surface area contributed by atoms with Gasteiger partial charge < -0.3 is 25.8 Å². The number of nitrogens with one attached hydrogen (secondary N) is 1. The molecule has 1 atom stereocenters. The minimum Gasteiger partial charge on any atom is -0.490 e. The number of piperazine rings is 1. The number of benzene rings is 1. The summed E-state index contributed by atoms with van der Waals surface area (Å²) in [4.78, 5) is 32.9. The smallest absolute Gasteiger partial charge is 0.261 e. The van der Waals surface area contributed by atoms with Crippen LogP contribution in [-0.2, 0) is 11.2 Å². The zero-order chi connectivity index (χ0) is 23.9. The van der Waals surface area contributed by atoms with Crippen molar-refractivity contribution in [2.24, 2.45) is 5.73 Å². The fraction of sp³-hybridized carbons (Fsp3) is 0.391. The molecule has 178 valence electrons. The maximum atomic E-state index is 13.2. The number of ether oxygens (including phenoxy) is 1. The highest BCUT2D eigenvalue weighted by Crippen LogP contribution is 2.39. The monoisotopic (exact) mass is 465 g/mol. The van der Waals surface area contributed by atoms with E-state index >= 15 is 0 Å². The first-order valence-electron chi connectivity index (χ1n) is 11.2. The molecule has 0 unspecified atom stereocenters. The Bertz CT molecular complexity index is 1250. The Balaban J connectivity index is 1.46. The maximum Gasteiger partial charge on any atom is 0.261 e. The number of carbonyl (C=O) groups excluding carboxylic acids is 2. The van der Waals surface area contributed by atoms with Gasteiger partial charge in [0.05, 0.1) is 29.7 Å². The number of amides is 2. The van der Waals surface area contributed by atoms with Crippen molar-refractivity contribution in [2.75, 3.05) is 49.5 Å². The fourth-order valence-corrected chi connectivity index (χ4v) is 4.49. The molecule has 5 rings (SSSR count). The van der Waals surface area contributed by atoms with Crippen LogP contribution in [0.3, 0.4) is 0 Å². The number of nitrogens with two attached hydrogens (primary N) is 1. The number of aromatic nitrogens is 3. The van der Waals surface area contributed by atoms with Gasteiger partial charge in [0.15, 0.2) is 5.65 Å². The first kappa shape index (κ1) is 22.1. The first-order chi connectivity index (χ1) is 16.3. The number of hydrogen-bond acceptors (Lipinski definition) is 8. The zero-order valence-corrected chi connectivity index (χ0v) is 18.9. The zero-order valence-electron chi connectivity index (χ0n) is 18.9. The number of carbonyl (C=O) groups is 2. The van der Waals surface area contributed by atoms with Crippen molar-refractivity contribution in [1.29, 1.82) is 0 Å². The van der Waals surface area contributed by atoms with Gasteiger partial charge in [-0.25, -0.2) is 9.50 Å². The maximum absolute atomic E-state index is 13.2. The van der Waals surface area contributed by atoms with Gasteiger partial charge in [0.1, 0.15) is 17.9 Å². The average Bonchev–Trinajstić information content (AvgIpc) is 3.23. The minimum atomic E-state index is -0.984. The van der Waals surface area contributed by atoms with E-state index in [2.05, 4.69) is 20.3 Å². The van der Waals surface area contributed by atoms with E-state index in [9.17, 15) is 14.7 Å². The van der Waals surface area contributed by atoms with Crippen molar-refractivity contribution < 1.29 is 19.4 Å². The predicted octanol–water partition coefficient (Wildman–Crippen LogP) is 0.275. The molecule has 0 aliphatic carbocycles. The van der Waals surface area contributed by atoms with Crippen LogP contribution < -0.4 is 20.7 Å². The molecule has 2 aliphatic rings. The van der Waals surface area contributed by atoms with Crippen LogP contribution in [-0.4, -0.2) is 81.4 Å². The van der Waals surface area contributed by atoms with Crippen molar-refractivity contribution in [3.63, 3.8) is 0 Å². The molecule has 1 aromatic carbocycles. The van der Waals surface area contributed by atoms with Gasteiger partial charge in [0.2, 0.25) is 5.91 Å². The second-order valence-corrected chi connectivity index (χ2v) is 9.07. The lowest BCUT2D eigenvalue weighted by Gasteiger charge is -2.37. The fourth-order valence-electron chi connectivity index (χ4n) is 4.49. The van der Waals surface area contributed by atoms with Gasteiger partial charge in [-0.15, -0.1) is 0 Å². The van der Waals surface area contributed by atoms with Gasteiger partial charge in [-0.1, -0.05) is 0 Å². The van der Waals surface area contributed by atoms with Gasteiger partial charge in [-0.3, -0.25) is 14.5 Å². The van der Waals surface area contributed by atoms with Crippen LogP contribution in [0.2, 0.25) is 0 Å². The standard InChI is InChI=1S/C23H27N7O4/c1-23(33)11-15-9-17(27-22(32)16-12-26-30-4-2-3-25-21(16)30)18(10-19(15)34-14-23)29-7-5-28(6-8-29)13-20(24)31/h2-4,9-10,12,33H,5-8,11,13-14H2,1H3,(H2,24,31)(H,27,32)/t23-/m0/s1. The molecule has 4 N–H and O–H groups in total. The SMILES string of the molecule is C[C@@]1(O)COc2cc(N3CCN(CC(N)=O)CC3)c(NC(=O)c3cnn4cccnc34)cc2C1. The number of primary amides is 1. The number of aliphatic hydroxyl groups is 1. The van der Waals surface area contributed by atoms with Crippen molar-refractivity contribution in [1.82, 2.24) is 19.5 Å². The third kappa shape index (κ3) is 4.39. The summed E-state index contributed by atoms with van der Waals surface area (Å²) in [6.45, 7) is 4.80. The van der Waals surface area contributed by atoms with Gasteiger partial charge in [0.25, 0.3) is 5.91 Å². The number of nitrogens with zero attached hydrogens (tertiary/aromatic N) is 5. The van der Waals surface area contributed by atoms with E-state index in [0.29, 0.717) is 55.2 Å². The van der Waals surface area contributed by atoms with E-state index in [1.807, 2.05) is 17.0 Å². The molecular weight excluding hydrogens is 438 g/mol. The highest BCUT2D eigenvalue weighted by molar-refractivity contribution is 6.09. The molecule has 3 aromatic rings. The lowest BCUT2D eigenvalue weighted by molar-refractivity contribution is -0.119. The largest absolute Gasteiger partial charge is 0.490 e. The summed E-state index contributed by atoms with van der Waals surface area (Å²) >= 11 is 0. The van der Waals surface area contributed by atoms with Gasteiger partial charge in [0, 0.05) is 51.1 Å². The summed E-state index contributed by atoms with van der Waals surface area (Å²) in [5.41, 5.74) is 7.43. The van der Waals surface area contributed by atoms with Crippen LogP contribution in [0.15, 0.2) is 36.8 Å². The van der Waals surface area contributed by atoms with Gasteiger partial charge >= 0.3 is 0 Å². The summed E-state index contributed by atoms with van der Waals surface area (Å²) in [6, 6.07) is 5.52. The Labute approximate surface area is 196 Å². The lowest BCUT2D eigenvalue weighted by atomic mass is 9.93. The number of fused-ring (bicyclic) bond motifs is 2. The van der Waals surface area contributed by atoms with Crippen LogP contribution in [0.1, 0.15) is 22.8 Å². The van der Waals surface area contributed by atoms with E-state index in [1.165, 1.54) is 6.20 Å². The molecule has 0 radical (unpaired) electrons. The lowest BCUT2D eigenvalue weighted by Crippen LogP contribution is -2.49. The summed E-state index contributed by atoms with van der Waals surface area (Å²) in [5.74, 6) is 0.0140. The van der Waals surface area contributed by atoms with Crippen LogP contribution in [0.5, 0.6) is 5.75 Å². The number of hydrogen-bond donors (Lipinski definition) is 3. The summed E-state index contributed by atoms with van der Waals surface area (Å²) in [6.07, 6.45) is 5.25. The van der Waals surface area contributed by atoms with Crippen LogP contribution >= 0.6 is 0 Å². The van der Waals surface area contributed by atoms with Gasteiger partial charge in [-0.2, -0.15) is 5.10 Å². The number of rotatable bonds is 5. The second-order valence-electron chi connectivity index (χ2n) is 9.07. The Kier molecular flexibility index (Phi) is 5.58. The molecule has 0 bridgehead atoms. The normalized spacial score (nSPS) is 20.6. The highest BCUT2D eigenvalue weighted by atomic mass is 16.5. The highest BCUT2D eigenvalue weighted by Gasteiger charge is 2.31. The van der Waals surface area contributed by atoms with Gasteiger partial charge in [-0.05, 0) is 24.6 Å². The molecule has 1 fully saturated rings. The molecule has 2 aliphatic heterocycles. The third-order valence-electron chi connectivity index (χ3n) is 6.15. The van der Waals surface area contributed by atoms with Crippen LogP contribution in [0.4, 0.5) is 11.4 Å². The summed E-state index contributed by atoms with van der Waals surface area (Å²) in [5, 5.41) is 17.7. The van der Waals surface area contributed by atoms with E-state index in [4.69, 9.17) is 10.5 Å². The van der Waals surface area contributed by atoms with E-state index in [-0.39, 0.29) is 25.0 Å². The molecule has 11 nitrogen and oxygen atoms in total. The molecule has 11 heteroatoms. The Hall–Kier alpha value is -3.70. The van der Waals surface area contributed by atoms with E-state index < -0.39 is 5.60 Å². The molecule has 2 amide bonds. The van der Waals surface area contributed by atoms with Crippen molar-refractivity contribution >= 4 is 28.8 Å². The van der Waals surface area contributed by atoms with Crippen LogP contribution in [0, 0.1) is 0 Å². The second kappa shape index (κ2) is 8.58. The summed E-state index contributed by atoms with van der Waals surface area (Å²) in [7, 11) is 0. The molecule has 0 spiro atoms. The molecule has 0 saturated carbocycles.